The van der Waals surface area contributed by atoms with Crippen molar-refractivity contribution in [1.29, 1.82) is 0 Å². The number of nitrogens with one attached hydrogen (secondary N) is 1. The van der Waals surface area contributed by atoms with Crippen LogP contribution in [0.1, 0.15) is 38.4 Å². The lowest BCUT2D eigenvalue weighted by Crippen LogP contribution is -2.48. The molecule has 0 spiro atoms. The van der Waals surface area contributed by atoms with E-state index >= 15 is 0 Å². The number of hydrogen-bond acceptors (Lipinski definition) is 3. The molecule has 1 fully saturated rings. The molecule has 6 heteroatoms. The van der Waals surface area contributed by atoms with Gasteiger partial charge in [-0.3, -0.25) is 0 Å². The minimum absolute atomic E-state index is 0.234. The Labute approximate surface area is 133 Å². The van der Waals surface area contributed by atoms with Crippen molar-refractivity contribution in [2.24, 2.45) is 11.8 Å². The van der Waals surface area contributed by atoms with Gasteiger partial charge in [0.15, 0.2) is 0 Å². The van der Waals surface area contributed by atoms with E-state index < -0.39 is 16.3 Å². The van der Waals surface area contributed by atoms with Crippen molar-refractivity contribution in [1.82, 2.24) is 9.03 Å². The van der Waals surface area contributed by atoms with Gasteiger partial charge in [-0.1, -0.05) is 44.2 Å². The lowest BCUT2D eigenvalue weighted by molar-refractivity contribution is 0.168. The second-order valence-corrected chi connectivity index (χ2v) is 8.13. The van der Waals surface area contributed by atoms with Crippen LogP contribution in [0.4, 0.5) is 0 Å². The van der Waals surface area contributed by atoms with Crippen LogP contribution in [0.15, 0.2) is 30.3 Å². The summed E-state index contributed by atoms with van der Waals surface area (Å²) in [5.74, 6) is 0.769. The first-order valence-corrected chi connectivity index (χ1v) is 9.30. The van der Waals surface area contributed by atoms with Crippen molar-refractivity contribution in [3.63, 3.8) is 0 Å². The Balaban J connectivity index is 1.85. The minimum Gasteiger partial charge on any atom is -0.388 e. The Hall–Kier alpha value is -0.950. The van der Waals surface area contributed by atoms with Gasteiger partial charge in [-0.15, -0.1) is 0 Å². The molecule has 0 aromatic heterocycles. The van der Waals surface area contributed by atoms with Gasteiger partial charge < -0.3 is 5.11 Å². The number of aliphatic hydroxyl groups is 1. The van der Waals surface area contributed by atoms with Gasteiger partial charge >= 0.3 is 0 Å². The van der Waals surface area contributed by atoms with E-state index in [0.29, 0.717) is 31.3 Å². The van der Waals surface area contributed by atoms with E-state index in [1.54, 1.807) is 0 Å². The molecule has 2 rings (SSSR count). The first-order chi connectivity index (χ1) is 10.4. The van der Waals surface area contributed by atoms with E-state index in [1.165, 1.54) is 4.31 Å². The van der Waals surface area contributed by atoms with Crippen LogP contribution in [-0.4, -0.2) is 37.5 Å². The van der Waals surface area contributed by atoms with E-state index in [9.17, 15) is 13.5 Å². The molecule has 0 unspecified atom stereocenters. The molecule has 0 saturated carbocycles. The Kier molecular flexibility index (Phi) is 5.97. The summed E-state index contributed by atoms with van der Waals surface area (Å²) in [4.78, 5) is 0. The Morgan fingerprint density at radius 2 is 1.82 bits per heavy atom. The van der Waals surface area contributed by atoms with Crippen LogP contribution in [0, 0.1) is 11.8 Å². The first-order valence-electron chi connectivity index (χ1n) is 7.86. The lowest BCUT2D eigenvalue weighted by atomic mass is 9.94. The summed E-state index contributed by atoms with van der Waals surface area (Å²) in [6.07, 6.45) is 0.782. The quantitative estimate of drug-likeness (QED) is 0.839. The van der Waals surface area contributed by atoms with Gasteiger partial charge in [-0.25, -0.2) is 4.72 Å². The largest absolute Gasteiger partial charge is 0.388 e. The molecular weight excluding hydrogens is 300 g/mol. The van der Waals surface area contributed by atoms with E-state index in [4.69, 9.17) is 0 Å². The summed E-state index contributed by atoms with van der Waals surface area (Å²) in [5.41, 5.74) is 0.807. The molecule has 1 heterocycles. The van der Waals surface area contributed by atoms with E-state index in [1.807, 2.05) is 30.3 Å². The average Bonchev–Trinajstić information content (AvgIpc) is 2.47. The van der Waals surface area contributed by atoms with Crippen molar-refractivity contribution >= 4 is 10.2 Å². The zero-order valence-corrected chi connectivity index (χ0v) is 14.1. The number of hydrogen-bond donors (Lipinski definition) is 2. The maximum absolute atomic E-state index is 12.3. The van der Waals surface area contributed by atoms with Gasteiger partial charge in [-0.05, 0) is 30.2 Å². The molecule has 1 aliphatic heterocycles. The second kappa shape index (κ2) is 7.55. The third kappa shape index (κ3) is 4.78. The van der Waals surface area contributed by atoms with Crippen LogP contribution < -0.4 is 4.72 Å². The maximum atomic E-state index is 12.3. The molecule has 0 bridgehead atoms. The molecule has 0 radical (unpaired) electrons. The standard InChI is InChI=1S/C16H26N2O3S/c1-13-10-14(2)12-18(11-13)22(20,21)17-9-8-16(19)15-6-4-3-5-7-15/h3-7,13-14,16-17,19H,8-12H2,1-2H3/t13-,14+,16-/m1/s1. The first kappa shape index (κ1) is 17.4. The number of nitrogens with zero attached hydrogens (tertiary/aromatic N) is 1. The fourth-order valence-electron chi connectivity index (χ4n) is 3.06. The second-order valence-electron chi connectivity index (χ2n) is 6.38. The molecule has 124 valence electrons. The SMILES string of the molecule is C[C@@H]1C[C@H](C)CN(S(=O)(=O)NCC[C@@H](O)c2ccccc2)C1. The van der Waals surface area contributed by atoms with Crippen LogP contribution in [0.25, 0.3) is 0 Å². The summed E-state index contributed by atoms with van der Waals surface area (Å²) in [6.45, 7) is 5.54. The highest BCUT2D eigenvalue weighted by molar-refractivity contribution is 7.87. The van der Waals surface area contributed by atoms with Crippen molar-refractivity contribution in [2.45, 2.75) is 32.8 Å². The molecule has 1 aromatic rings. The van der Waals surface area contributed by atoms with E-state index in [0.717, 1.165) is 12.0 Å². The number of benzene rings is 1. The lowest BCUT2D eigenvalue weighted by Gasteiger charge is -2.34. The van der Waals surface area contributed by atoms with Crippen molar-refractivity contribution in [3.05, 3.63) is 35.9 Å². The fraction of sp³-hybridized carbons (Fsp3) is 0.625. The molecule has 0 amide bonds. The maximum Gasteiger partial charge on any atom is 0.279 e. The van der Waals surface area contributed by atoms with Crippen LogP contribution in [0.3, 0.4) is 0 Å². The molecule has 2 N–H and O–H groups in total. The molecular formula is C16H26N2O3S. The molecule has 1 saturated heterocycles. The predicted molar refractivity (Wildman–Crippen MR) is 87.5 cm³/mol. The molecule has 1 aromatic carbocycles. The Morgan fingerprint density at radius 1 is 1.23 bits per heavy atom. The smallest absolute Gasteiger partial charge is 0.279 e. The molecule has 22 heavy (non-hydrogen) atoms. The van der Waals surface area contributed by atoms with Gasteiger partial charge in [0.2, 0.25) is 0 Å². The summed E-state index contributed by atoms with van der Waals surface area (Å²) >= 11 is 0. The van der Waals surface area contributed by atoms with Crippen LogP contribution in [0.5, 0.6) is 0 Å². The number of rotatable bonds is 6. The Morgan fingerprint density at radius 3 is 2.41 bits per heavy atom. The summed E-state index contributed by atoms with van der Waals surface area (Å²) in [5, 5.41) is 10.1. The zero-order chi connectivity index (χ0) is 16.2. The van der Waals surface area contributed by atoms with Gasteiger partial charge in [0.25, 0.3) is 10.2 Å². The van der Waals surface area contributed by atoms with Crippen LogP contribution in [-0.2, 0) is 10.2 Å². The molecule has 3 atom stereocenters. The third-order valence-electron chi connectivity index (χ3n) is 4.06. The predicted octanol–water partition coefficient (Wildman–Crippen LogP) is 1.92. The van der Waals surface area contributed by atoms with Crippen molar-refractivity contribution < 1.29 is 13.5 Å². The normalized spacial score (nSPS) is 25.0. The fourth-order valence-corrected chi connectivity index (χ4v) is 4.52. The monoisotopic (exact) mass is 326 g/mol. The zero-order valence-electron chi connectivity index (χ0n) is 13.3. The third-order valence-corrected chi connectivity index (χ3v) is 5.61. The summed E-state index contributed by atoms with van der Waals surface area (Å²) in [7, 11) is -3.45. The van der Waals surface area contributed by atoms with Crippen LogP contribution >= 0.6 is 0 Å². The molecule has 5 nitrogen and oxygen atoms in total. The van der Waals surface area contributed by atoms with Crippen molar-refractivity contribution in [3.8, 4) is 0 Å². The summed E-state index contributed by atoms with van der Waals surface area (Å²) in [6, 6.07) is 9.29. The van der Waals surface area contributed by atoms with Gasteiger partial charge in [0.1, 0.15) is 0 Å². The van der Waals surface area contributed by atoms with Crippen molar-refractivity contribution in [2.75, 3.05) is 19.6 Å². The number of piperidine rings is 1. The van der Waals surface area contributed by atoms with E-state index in [2.05, 4.69) is 18.6 Å². The number of aliphatic hydroxyl groups excluding tert-OH is 1. The minimum atomic E-state index is -3.45. The average molecular weight is 326 g/mol. The topological polar surface area (TPSA) is 69.6 Å². The highest BCUT2D eigenvalue weighted by Gasteiger charge is 2.30. The van der Waals surface area contributed by atoms with E-state index in [-0.39, 0.29) is 6.54 Å². The van der Waals surface area contributed by atoms with Gasteiger partial charge in [-0.2, -0.15) is 12.7 Å². The molecule has 1 aliphatic rings. The van der Waals surface area contributed by atoms with Gasteiger partial charge in [0, 0.05) is 19.6 Å². The Bertz CT molecular complexity index is 552. The highest BCUT2D eigenvalue weighted by atomic mass is 32.2. The van der Waals surface area contributed by atoms with Crippen LogP contribution in [0.2, 0.25) is 0 Å². The van der Waals surface area contributed by atoms with Gasteiger partial charge in [0.05, 0.1) is 6.10 Å². The summed E-state index contributed by atoms with van der Waals surface area (Å²) < 4.78 is 28.8. The molecule has 0 aliphatic carbocycles. The highest BCUT2D eigenvalue weighted by Crippen LogP contribution is 2.22.